The number of hydrogen-bond donors (Lipinski definition) is 0. The molecule has 0 unspecified atom stereocenters. The number of ketones is 1. The van der Waals surface area contributed by atoms with Gasteiger partial charge in [-0.1, -0.05) is 55.3 Å². The lowest BCUT2D eigenvalue weighted by atomic mass is 10.0. The van der Waals surface area contributed by atoms with Gasteiger partial charge in [-0.3, -0.25) is 4.79 Å². The zero-order valence-electron chi connectivity index (χ0n) is 17.2. The molecule has 0 fully saturated rings. The summed E-state index contributed by atoms with van der Waals surface area (Å²) in [6, 6.07) is 21.9. The van der Waals surface area contributed by atoms with Gasteiger partial charge in [0.1, 0.15) is 11.3 Å². The summed E-state index contributed by atoms with van der Waals surface area (Å²) in [6.07, 6.45) is 3.78. The minimum absolute atomic E-state index is 0.202. The Labute approximate surface area is 186 Å². The molecule has 156 valence electrons. The molecule has 4 aromatic rings. The van der Waals surface area contributed by atoms with Crippen molar-refractivity contribution in [3.63, 3.8) is 0 Å². The average molecular weight is 432 g/mol. The molecule has 4 rings (SSSR count). The van der Waals surface area contributed by atoms with E-state index in [0.29, 0.717) is 39.4 Å². The first-order valence-electron chi connectivity index (χ1n) is 10.3. The van der Waals surface area contributed by atoms with Crippen molar-refractivity contribution in [2.75, 3.05) is 6.61 Å². The first-order chi connectivity index (χ1) is 15.2. The first-order valence-corrected chi connectivity index (χ1v) is 10.6. The summed E-state index contributed by atoms with van der Waals surface area (Å²) in [4.78, 5) is 18.0. The molecule has 31 heavy (non-hydrogen) atoms. The predicted molar refractivity (Wildman–Crippen MR) is 125 cm³/mol. The molecule has 0 saturated carbocycles. The van der Waals surface area contributed by atoms with Crippen molar-refractivity contribution in [1.82, 2.24) is 4.98 Å². The molecule has 0 aliphatic carbocycles. The summed E-state index contributed by atoms with van der Waals surface area (Å²) in [5.41, 5.74) is 2.88. The average Bonchev–Trinajstić information content (AvgIpc) is 3.23. The molecule has 0 radical (unpaired) electrons. The van der Waals surface area contributed by atoms with Gasteiger partial charge in [-0.2, -0.15) is 0 Å². The zero-order chi connectivity index (χ0) is 21.6. The van der Waals surface area contributed by atoms with Crippen LogP contribution in [0.1, 0.15) is 41.6 Å². The van der Waals surface area contributed by atoms with E-state index < -0.39 is 0 Å². The number of nitrogens with zero attached hydrogens (tertiary/aromatic N) is 1. The molecule has 0 amide bonds. The van der Waals surface area contributed by atoms with Crippen LogP contribution in [0.15, 0.2) is 77.2 Å². The van der Waals surface area contributed by atoms with Crippen LogP contribution in [0.3, 0.4) is 0 Å². The number of Topliss-reactive ketones (excluding diaryl/α,β-unsaturated/α-hetero) is 1. The number of carbonyl (C=O) groups excluding carboxylic acids is 1. The molecule has 1 heterocycles. The fourth-order valence-electron chi connectivity index (χ4n) is 3.15. The van der Waals surface area contributed by atoms with E-state index in [9.17, 15) is 4.79 Å². The number of halogens is 1. The second-order valence-corrected chi connectivity index (χ2v) is 7.53. The number of ether oxygens (including phenoxy) is 1. The number of carbonyl (C=O) groups is 1. The van der Waals surface area contributed by atoms with Crippen LogP contribution in [0.2, 0.25) is 5.02 Å². The Balaban J connectivity index is 1.72. The van der Waals surface area contributed by atoms with Gasteiger partial charge in [0.25, 0.3) is 0 Å². The van der Waals surface area contributed by atoms with Gasteiger partial charge in [-0.15, -0.1) is 0 Å². The summed E-state index contributed by atoms with van der Waals surface area (Å²) in [6.45, 7) is 2.77. The van der Waals surface area contributed by atoms with E-state index in [-0.39, 0.29) is 11.7 Å². The maximum atomic E-state index is 13.5. The Bertz CT molecular complexity index is 1190. The van der Waals surface area contributed by atoms with Crippen molar-refractivity contribution in [3.8, 4) is 5.75 Å². The summed E-state index contributed by atoms with van der Waals surface area (Å²) in [5, 5.41) is 0.545. The van der Waals surface area contributed by atoms with Crippen LogP contribution in [0, 0.1) is 0 Å². The van der Waals surface area contributed by atoms with Crippen molar-refractivity contribution in [1.29, 1.82) is 0 Å². The number of unbranched alkanes of at least 4 members (excludes halogenated alkanes) is 1. The fourth-order valence-corrected chi connectivity index (χ4v) is 3.34. The molecule has 4 nitrogen and oxygen atoms in total. The third kappa shape index (κ3) is 4.86. The highest BCUT2D eigenvalue weighted by molar-refractivity contribution is 6.35. The largest absolute Gasteiger partial charge is 0.494 e. The Morgan fingerprint density at radius 3 is 2.52 bits per heavy atom. The first kappa shape index (κ1) is 20.9. The molecule has 0 bridgehead atoms. The van der Waals surface area contributed by atoms with E-state index >= 15 is 0 Å². The molecular weight excluding hydrogens is 410 g/mol. The smallest absolute Gasteiger partial charge is 0.231 e. The quantitative estimate of drug-likeness (QED) is 0.170. The molecule has 0 atom stereocenters. The van der Waals surface area contributed by atoms with Crippen LogP contribution in [-0.2, 0) is 0 Å². The minimum Gasteiger partial charge on any atom is -0.494 e. The van der Waals surface area contributed by atoms with Crippen LogP contribution >= 0.6 is 11.6 Å². The molecule has 0 N–H and O–H groups in total. The predicted octanol–water partition coefficient (Wildman–Crippen LogP) is 7.08. The van der Waals surface area contributed by atoms with Crippen molar-refractivity contribution >= 4 is 40.1 Å². The normalized spacial score (nSPS) is 11.6. The number of oxazole rings is 1. The van der Waals surface area contributed by atoms with Crippen molar-refractivity contribution in [2.24, 2.45) is 0 Å². The van der Waals surface area contributed by atoms with Crippen LogP contribution < -0.4 is 4.74 Å². The van der Waals surface area contributed by atoms with Crippen LogP contribution in [-0.4, -0.2) is 17.4 Å². The molecule has 0 aliphatic rings. The SMILES string of the molecule is CCCCOc1ccc(C(=O)/C(=C\c2ccccc2Cl)c2nc3ccccc3o2)cc1. The molecule has 1 aromatic heterocycles. The third-order valence-electron chi connectivity index (χ3n) is 4.86. The van der Waals surface area contributed by atoms with Gasteiger partial charge >= 0.3 is 0 Å². The Morgan fingerprint density at radius 1 is 1.03 bits per heavy atom. The van der Waals surface area contributed by atoms with E-state index in [0.717, 1.165) is 18.6 Å². The monoisotopic (exact) mass is 431 g/mol. The lowest BCUT2D eigenvalue weighted by molar-refractivity contribution is 0.105. The maximum Gasteiger partial charge on any atom is 0.231 e. The Hall–Kier alpha value is -3.37. The number of para-hydroxylation sites is 2. The summed E-state index contributed by atoms with van der Waals surface area (Å²) in [5.74, 6) is 0.796. The fraction of sp³-hybridized carbons (Fsp3) is 0.154. The number of fused-ring (bicyclic) bond motifs is 1. The maximum absolute atomic E-state index is 13.5. The van der Waals surface area contributed by atoms with Gasteiger partial charge < -0.3 is 9.15 Å². The summed E-state index contributed by atoms with van der Waals surface area (Å²) in [7, 11) is 0. The van der Waals surface area contributed by atoms with Crippen molar-refractivity contribution in [3.05, 3.63) is 94.8 Å². The third-order valence-corrected chi connectivity index (χ3v) is 5.20. The lowest BCUT2D eigenvalue weighted by Crippen LogP contribution is -2.04. The van der Waals surface area contributed by atoms with Gasteiger partial charge in [0.15, 0.2) is 11.4 Å². The van der Waals surface area contributed by atoms with Crippen molar-refractivity contribution in [2.45, 2.75) is 19.8 Å². The second kappa shape index (κ2) is 9.63. The van der Waals surface area contributed by atoms with Gasteiger partial charge in [-0.25, -0.2) is 4.98 Å². The molecule has 3 aromatic carbocycles. The van der Waals surface area contributed by atoms with Crippen LogP contribution in [0.5, 0.6) is 5.75 Å². The van der Waals surface area contributed by atoms with Gasteiger partial charge in [0, 0.05) is 10.6 Å². The minimum atomic E-state index is -0.202. The molecule has 0 aliphatic heterocycles. The molecule has 0 spiro atoms. The standard InChI is InChI=1S/C26H22ClNO3/c1-2-3-16-30-20-14-12-18(13-15-20)25(29)21(17-19-8-4-5-9-22(19)27)26-28-23-10-6-7-11-24(23)31-26/h4-15,17H,2-3,16H2,1H3/b21-17+. The zero-order valence-corrected chi connectivity index (χ0v) is 17.9. The Kier molecular flexibility index (Phi) is 6.48. The van der Waals surface area contributed by atoms with Crippen LogP contribution in [0.4, 0.5) is 0 Å². The molecule has 5 heteroatoms. The van der Waals surface area contributed by atoms with Gasteiger partial charge in [-0.05, 0) is 60.5 Å². The van der Waals surface area contributed by atoms with Crippen LogP contribution in [0.25, 0.3) is 22.7 Å². The Morgan fingerprint density at radius 2 is 1.77 bits per heavy atom. The van der Waals surface area contributed by atoms with E-state index in [1.807, 2.05) is 54.6 Å². The molecule has 0 saturated heterocycles. The van der Waals surface area contributed by atoms with Gasteiger partial charge in [0.05, 0.1) is 12.2 Å². The van der Waals surface area contributed by atoms with E-state index in [2.05, 4.69) is 11.9 Å². The summed E-state index contributed by atoms with van der Waals surface area (Å²) >= 11 is 6.34. The number of hydrogen-bond acceptors (Lipinski definition) is 4. The topological polar surface area (TPSA) is 52.3 Å². The highest BCUT2D eigenvalue weighted by Crippen LogP contribution is 2.28. The molecular formula is C26H22ClNO3. The highest BCUT2D eigenvalue weighted by Gasteiger charge is 2.21. The van der Waals surface area contributed by atoms with Gasteiger partial charge in [0.2, 0.25) is 5.89 Å². The highest BCUT2D eigenvalue weighted by atomic mass is 35.5. The van der Waals surface area contributed by atoms with E-state index in [1.54, 1.807) is 24.3 Å². The number of benzene rings is 3. The summed E-state index contributed by atoms with van der Waals surface area (Å²) < 4.78 is 11.6. The van der Waals surface area contributed by atoms with Crippen molar-refractivity contribution < 1.29 is 13.9 Å². The van der Waals surface area contributed by atoms with E-state index in [4.69, 9.17) is 20.8 Å². The number of rotatable bonds is 8. The second-order valence-electron chi connectivity index (χ2n) is 7.12. The number of allylic oxidation sites excluding steroid dienone is 1. The van der Waals surface area contributed by atoms with E-state index in [1.165, 1.54) is 0 Å². The lowest BCUT2D eigenvalue weighted by Gasteiger charge is -2.08. The number of aromatic nitrogens is 1.